The van der Waals surface area contributed by atoms with Gasteiger partial charge in [0.2, 0.25) is 0 Å². The summed E-state index contributed by atoms with van der Waals surface area (Å²) >= 11 is 0. The molecule has 0 saturated carbocycles. The molecule has 0 saturated heterocycles. The third kappa shape index (κ3) is 2.72. The molecule has 0 aromatic carbocycles. The Kier molecular flexibility index (Phi) is 3.68. The number of carbonyl (C=O) groups is 1. The molecule has 8 heteroatoms. The van der Waals surface area contributed by atoms with Crippen LogP contribution in [0, 0.1) is 0 Å². The fourth-order valence-electron chi connectivity index (χ4n) is 1.51. The van der Waals surface area contributed by atoms with E-state index in [1.807, 2.05) is 0 Å². The molecule has 0 aliphatic heterocycles. The quantitative estimate of drug-likeness (QED) is 0.677. The van der Waals surface area contributed by atoms with E-state index in [2.05, 4.69) is 15.3 Å². The molecule has 2 aromatic heterocycles. The SMILES string of the molecule is O=C(O)CCOCCn1ncc2c(=O)[nH]ncc21. The van der Waals surface area contributed by atoms with Gasteiger partial charge in [-0.25, -0.2) is 5.10 Å². The van der Waals surface area contributed by atoms with Crippen LogP contribution < -0.4 is 5.56 Å². The topological polar surface area (TPSA) is 110 Å². The minimum absolute atomic E-state index is 0.0267. The van der Waals surface area contributed by atoms with E-state index in [0.29, 0.717) is 24.1 Å². The van der Waals surface area contributed by atoms with Gasteiger partial charge in [0.1, 0.15) is 0 Å². The number of fused-ring (bicyclic) bond motifs is 1. The molecule has 0 aliphatic carbocycles. The van der Waals surface area contributed by atoms with Crippen LogP contribution in [0.3, 0.4) is 0 Å². The van der Waals surface area contributed by atoms with Gasteiger partial charge in [-0.2, -0.15) is 10.2 Å². The molecular formula is C10H12N4O4. The Morgan fingerprint density at radius 2 is 2.28 bits per heavy atom. The lowest BCUT2D eigenvalue weighted by atomic mass is 10.4. The maximum atomic E-state index is 11.4. The third-order valence-corrected chi connectivity index (χ3v) is 2.39. The lowest BCUT2D eigenvalue weighted by molar-refractivity contribution is -0.138. The number of aromatic amines is 1. The highest BCUT2D eigenvalue weighted by Crippen LogP contribution is 2.05. The number of carboxylic acid groups (broad SMARTS) is 1. The first-order valence-corrected chi connectivity index (χ1v) is 5.37. The number of H-pyrrole nitrogens is 1. The number of rotatable bonds is 6. The van der Waals surface area contributed by atoms with Crippen LogP contribution in [0.15, 0.2) is 17.2 Å². The number of ether oxygens (including phenoxy) is 1. The minimum Gasteiger partial charge on any atom is -0.481 e. The first-order valence-electron chi connectivity index (χ1n) is 5.37. The number of hydrogen-bond acceptors (Lipinski definition) is 5. The number of nitrogens with zero attached hydrogens (tertiary/aromatic N) is 3. The van der Waals surface area contributed by atoms with Crippen LogP contribution in [0.5, 0.6) is 0 Å². The van der Waals surface area contributed by atoms with Crippen LogP contribution in [0.1, 0.15) is 6.42 Å². The first kappa shape index (κ1) is 12.2. The van der Waals surface area contributed by atoms with Crippen molar-refractivity contribution in [3.63, 3.8) is 0 Å². The van der Waals surface area contributed by atoms with Crippen LogP contribution in [0.25, 0.3) is 10.9 Å². The second-order valence-corrected chi connectivity index (χ2v) is 3.62. The summed E-state index contributed by atoms with van der Waals surface area (Å²) < 4.78 is 6.74. The van der Waals surface area contributed by atoms with Crippen molar-refractivity contribution in [2.24, 2.45) is 0 Å². The number of carboxylic acids is 1. The fraction of sp³-hybridized carbons (Fsp3) is 0.400. The Morgan fingerprint density at radius 3 is 3.06 bits per heavy atom. The first-order chi connectivity index (χ1) is 8.68. The van der Waals surface area contributed by atoms with Crippen LogP contribution in [-0.2, 0) is 16.1 Å². The lowest BCUT2D eigenvalue weighted by Gasteiger charge is -2.03. The summed E-state index contributed by atoms with van der Waals surface area (Å²) in [6.07, 6.45) is 2.95. The van der Waals surface area contributed by atoms with Crippen molar-refractivity contribution in [2.45, 2.75) is 13.0 Å². The van der Waals surface area contributed by atoms with Crippen molar-refractivity contribution in [3.8, 4) is 0 Å². The van der Waals surface area contributed by atoms with Crippen molar-refractivity contribution >= 4 is 16.9 Å². The number of aromatic nitrogens is 4. The van der Waals surface area contributed by atoms with Crippen molar-refractivity contribution < 1.29 is 14.6 Å². The maximum absolute atomic E-state index is 11.4. The molecule has 96 valence electrons. The second-order valence-electron chi connectivity index (χ2n) is 3.62. The zero-order valence-electron chi connectivity index (χ0n) is 9.50. The summed E-state index contributed by atoms with van der Waals surface area (Å²) in [6, 6.07) is 0. The summed E-state index contributed by atoms with van der Waals surface area (Å²) in [4.78, 5) is 21.6. The zero-order valence-corrected chi connectivity index (χ0v) is 9.50. The summed E-state index contributed by atoms with van der Waals surface area (Å²) in [5.41, 5.74) is 0.339. The summed E-state index contributed by atoms with van der Waals surface area (Å²) in [5.74, 6) is -0.893. The highest BCUT2D eigenvalue weighted by molar-refractivity contribution is 5.76. The van der Waals surface area contributed by atoms with E-state index in [9.17, 15) is 9.59 Å². The third-order valence-electron chi connectivity index (χ3n) is 2.39. The van der Waals surface area contributed by atoms with Crippen molar-refractivity contribution in [2.75, 3.05) is 13.2 Å². The van der Waals surface area contributed by atoms with Gasteiger partial charge < -0.3 is 9.84 Å². The van der Waals surface area contributed by atoms with Gasteiger partial charge in [0.15, 0.2) is 0 Å². The molecule has 2 N–H and O–H groups in total. The van der Waals surface area contributed by atoms with Crippen LogP contribution in [-0.4, -0.2) is 44.3 Å². The summed E-state index contributed by atoms with van der Waals surface area (Å²) in [6.45, 7) is 0.929. The standard InChI is InChI=1S/C10H12N4O4/c15-9(16)1-3-18-4-2-14-8-6-11-13-10(17)7(8)5-12-14/h5-6H,1-4H2,(H,13,17)(H,15,16). The van der Waals surface area contributed by atoms with Crippen LogP contribution in [0.4, 0.5) is 0 Å². The van der Waals surface area contributed by atoms with Gasteiger partial charge in [-0.1, -0.05) is 0 Å². The second kappa shape index (κ2) is 5.41. The number of aliphatic carboxylic acids is 1. The molecule has 2 rings (SSSR count). The molecule has 0 aliphatic rings. The fourth-order valence-corrected chi connectivity index (χ4v) is 1.51. The van der Waals surface area contributed by atoms with Gasteiger partial charge in [0, 0.05) is 0 Å². The lowest BCUT2D eigenvalue weighted by Crippen LogP contribution is -2.11. The van der Waals surface area contributed by atoms with Gasteiger partial charge in [0.05, 0.1) is 49.5 Å². The Labute approximate surface area is 101 Å². The Balaban J connectivity index is 1.94. The average molecular weight is 252 g/mol. The molecule has 2 heterocycles. The minimum atomic E-state index is -0.893. The average Bonchev–Trinajstić information content (AvgIpc) is 2.73. The van der Waals surface area contributed by atoms with Crippen LogP contribution >= 0.6 is 0 Å². The maximum Gasteiger partial charge on any atom is 0.305 e. The van der Waals surface area contributed by atoms with Gasteiger partial charge in [0.25, 0.3) is 5.56 Å². The predicted octanol–water partition coefficient (Wildman–Crippen LogP) is -0.389. The Hall–Kier alpha value is -2.22. The van der Waals surface area contributed by atoms with Gasteiger partial charge in [-0.05, 0) is 0 Å². The molecule has 0 spiro atoms. The molecule has 0 bridgehead atoms. The Bertz CT molecular complexity index is 603. The van der Waals surface area contributed by atoms with Gasteiger partial charge in [-0.15, -0.1) is 0 Å². The van der Waals surface area contributed by atoms with Gasteiger partial charge >= 0.3 is 5.97 Å². The van der Waals surface area contributed by atoms with E-state index >= 15 is 0 Å². The van der Waals surface area contributed by atoms with E-state index in [0.717, 1.165) is 0 Å². The molecule has 2 aromatic rings. The molecular weight excluding hydrogens is 240 g/mol. The highest BCUT2D eigenvalue weighted by atomic mass is 16.5. The Morgan fingerprint density at radius 1 is 1.44 bits per heavy atom. The number of hydrogen-bond donors (Lipinski definition) is 2. The molecule has 18 heavy (non-hydrogen) atoms. The van der Waals surface area contributed by atoms with Crippen molar-refractivity contribution in [1.29, 1.82) is 0 Å². The largest absolute Gasteiger partial charge is 0.481 e. The molecule has 8 nitrogen and oxygen atoms in total. The van der Waals surface area contributed by atoms with E-state index in [4.69, 9.17) is 9.84 Å². The highest BCUT2D eigenvalue weighted by Gasteiger charge is 2.05. The summed E-state index contributed by atoms with van der Waals surface area (Å²) in [5, 5.41) is 19.0. The molecule has 0 amide bonds. The predicted molar refractivity (Wildman–Crippen MR) is 61.2 cm³/mol. The van der Waals surface area contributed by atoms with E-state index < -0.39 is 5.97 Å². The van der Waals surface area contributed by atoms with E-state index in [1.54, 1.807) is 4.68 Å². The summed E-state index contributed by atoms with van der Waals surface area (Å²) in [7, 11) is 0. The zero-order chi connectivity index (χ0) is 13.0. The smallest absolute Gasteiger partial charge is 0.305 e. The van der Waals surface area contributed by atoms with E-state index in [-0.39, 0.29) is 18.6 Å². The monoisotopic (exact) mass is 252 g/mol. The molecule has 0 radical (unpaired) electrons. The molecule has 0 fully saturated rings. The van der Waals surface area contributed by atoms with Crippen molar-refractivity contribution in [1.82, 2.24) is 20.0 Å². The van der Waals surface area contributed by atoms with Gasteiger partial charge in [-0.3, -0.25) is 14.3 Å². The van der Waals surface area contributed by atoms with Crippen molar-refractivity contribution in [3.05, 3.63) is 22.7 Å². The number of nitrogens with one attached hydrogen (secondary N) is 1. The van der Waals surface area contributed by atoms with Crippen LogP contribution in [0.2, 0.25) is 0 Å². The molecule has 0 atom stereocenters. The van der Waals surface area contributed by atoms with E-state index in [1.165, 1.54) is 12.4 Å². The molecule has 0 unspecified atom stereocenters. The normalized spacial score (nSPS) is 10.9.